The number of carbonyl (C=O) groups excluding carboxylic acids is 1. The summed E-state index contributed by atoms with van der Waals surface area (Å²) in [5, 5.41) is 18.8. The van der Waals surface area contributed by atoms with Crippen molar-refractivity contribution in [2.75, 3.05) is 0 Å². The van der Waals surface area contributed by atoms with Gasteiger partial charge in [-0.25, -0.2) is 0 Å². The van der Waals surface area contributed by atoms with Crippen LogP contribution in [0.2, 0.25) is 0 Å². The molecule has 1 aromatic carbocycles. The predicted octanol–water partition coefficient (Wildman–Crippen LogP) is 3.35. The molecule has 0 fully saturated rings. The number of benzene rings is 1. The van der Waals surface area contributed by atoms with E-state index < -0.39 is 4.92 Å². The second kappa shape index (κ2) is 7.69. The summed E-state index contributed by atoms with van der Waals surface area (Å²) in [6.07, 6.45) is 1.75. The summed E-state index contributed by atoms with van der Waals surface area (Å²) < 4.78 is 5.59. The minimum Gasteiger partial charge on any atom is -0.419 e. The average molecular weight is 344 g/mol. The third-order valence-corrected chi connectivity index (χ3v) is 3.73. The van der Waals surface area contributed by atoms with Crippen molar-refractivity contribution >= 4 is 11.6 Å². The minimum atomic E-state index is -0.486. The smallest absolute Gasteiger partial charge is 0.270 e. The number of allylic oxidation sites excluding steroid dienone is 1. The van der Waals surface area contributed by atoms with Gasteiger partial charge in [0.2, 0.25) is 17.7 Å². The zero-order chi connectivity index (χ0) is 18.6. The molecule has 0 aliphatic rings. The molecule has 1 aromatic heterocycles. The predicted molar refractivity (Wildman–Crippen MR) is 91.5 cm³/mol. The monoisotopic (exact) mass is 344 g/mol. The quantitative estimate of drug-likeness (QED) is 0.452. The molecule has 0 aliphatic heterocycles. The molecule has 8 nitrogen and oxygen atoms in total. The molecule has 0 saturated heterocycles. The van der Waals surface area contributed by atoms with Gasteiger partial charge in [0.25, 0.3) is 5.69 Å². The highest BCUT2D eigenvalue weighted by Gasteiger charge is 2.21. The van der Waals surface area contributed by atoms with Crippen molar-refractivity contribution in [1.29, 1.82) is 0 Å². The molecule has 1 amide bonds. The molecule has 0 radical (unpaired) electrons. The maximum atomic E-state index is 12.4. The van der Waals surface area contributed by atoms with Crippen molar-refractivity contribution in [3.63, 3.8) is 0 Å². The molecule has 0 N–H and O–H groups in total. The average Bonchev–Trinajstić information content (AvgIpc) is 3.07. The summed E-state index contributed by atoms with van der Waals surface area (Å²) in [4.78, 5) is 24.4. The summed E-state index contributed by atoms with van der Waals surface area (Å²) in [5.41, 5.74) is 1.03. The van der Waals surface area contributed by atoms with Gasteiger partial charge < -0.3 is 9.32 Å². The summed E-state index contributed by atoms with van der Waals surface area (Å²) in [5.74, 6) is 0.345. The van der Waals surface area contributed by atoms with Crippen LogP contribution in [0.25, 0.3) is 11.5 Å². The van der Waals surface area contributed by atoms with Crippen LogP contribution in [0.3, 0.4) is 0 Å². The Morgan fingerprint density at radius 1 is 1.40 bits per heavy atom. The van der Waals surface area contributed by atoms with Crippen LogP contribution in [0.1, 0.15) is 33.6 Å². The lowest BCUT2D eigenvalue weighted by molar-refractivity contribution is -0.384. The van der Waals surface area contributed by atoms with Crippen LogP contribution in [0.5, 0.6) is 0 Å². The Kier molecular flexibility index (Phi) is 5.63. The molecule has 0 atom stereocenters. The fourth-order valence-corrected chi connectivity index (χ4v) is 2.17. The van der Waals surface area contributed by atoms with Crippen molar-refractivity contribution in [2.45, 2.75) is 40.3 Å². The SMILES string of the molecule is CC=C(C)C(=O)N(Cc1nnc(-c2cccc([N+](=O)[O-])c2)o1)C(C)C. The van der Waals surface area contributed by atoms with Crippen molar-refractivity contribution < 1.29 is 14.1 Å². The van der Waals surface area contributed by atoms with Gasteiger partial charge in [0.1, 0.15) is 0 Å². The first-order chi connectivity index (χ1) is 11.8. The Bertz CT molecular complexity index is 810. The summed E-state index contributed by atoms with van der Waals surface area (Å²) >= 11 is 0. The molecule has 8 heteroatoms. The Morgan fingerprint density at radius 2 is 2.12 bits per heavy atom. The van der Waals surface area contributed by atoms with Crippen LogP contribution in [0, 0.1) is 10.1 Å². The molecule has 25 heavy (non-hydrogen) atoms. The second-order valence-corrected chi connectivity index (χ2v) is 5.81. The number of amides is 1. The summed E-state index contributed by atoms with van der Waals surface area (Å²) in [6.45, 7) is 7.53. The van der Waals surface area contributed by atoms with E-state index in [-0.39, 0.29) is 36.0 Å². The molecular weight excluding hydrogens is 324 g/mol. The van der Waals surface area contributed by atoms with Crippen LogP contribution in [0.15, 0.2) is 40.3 Å². The Morgan fingerprint density at radius 3 is 2.72 bits per heavy atom. The van der Waals surface area contributed by atoms with Crippen LogP contribution >= 0.6 is 0 Å². The van der Waals surface area contributed by atoms with Crippen molar-refractivity contribution in [3.05, 3.63) is 51.9 Å². The molecule has 0 aliphatic carbocycles. The number of nitro benzene ring substituents is 1. The van der Waals surface area contributed by atoms with Gasteiger partial charge >= 0.3 is 0 Å². The van der Waals surface area contributed by atoms with E-state index >= 15 is 0 Å². The van der Waals surface area contributed by atoms with E-state index in [1.807, 2.05) is 13.8 Å². The second-order valence-electron chi connectivity index (χ2n) is 5.81. The minimum absolute atomic E-state index is 0.0458. The lowest BCUT2D eigenvalue weighted by Gasteiger charge is -2.25. The Hall–Kier alpha value is -3.03. The number of rotatable bonds is 6. The maximum absolute atomic E-state index is 12.4. The van der Waals surface area contributed by atoms with Gasteiger partial charge in [0, 0.05) is 29.3 Å². The molecule has 132 valence electrons. The zero-order valence-electron chi connectivity index (χ0n) is 14.6. The topological polar surface area (TPSA) is 102 Å². The Labute approximate surface area is 145 Å². The molecule has 2 rings (SSSR count). The number of nitro groups is 1. The molecule has 1 heterocycles. The van der Waals surface area contributed by atoms with Gasteiger partial charge in [0.05, 0.1) is 11.5 Å². The highest BCUT2D eigenvalue weighted by atomic mass is 16.6. The molecule has 0 bridgehead atoms. The fourth-order valence-electron chi connectivity index (χ4n) is 2.17. The van der Waals surface area contributed by atoms with E-state index in [9.17, 15) is 14.9 Å². The number of aromatic nitrogens is 2. The molecule has 2 aromatic rings. The van der Waals surface area contributed by atoms with Crippen LogP contribution < -0.4 is 0 Å². The van der Waals surface area contributed by atoms with Gasteiger partial charge in [-0.1, -0.05) is 12.1 Å². The number of hydrogen-bond acceptors (Lipinski definition) is 6. The third-order valence-electron chi connectivity index (χ3n) is 3.73. The van der Waals surface area contributed by atoms with E-state index in [1.54, 1.807) is 37.0 Å². The molecular formula is C17H20N4O4. The van der Waals surface area contributed by atoms with Gasteiger partial charge in [0.15, 0.2) is 0 Å². The van der Waals surface area contributed by atoms with E-state index in [1.165, 1.54) is 12.1 Å². The van der Waals surface area contributed by atoms with Crippen molar-refractivity contribution in [3.8, 4) is 11.5 Å². The lowest BCUT2D eigenvalue weighted by atomic mass is 10.2. The summed E-state index contributed by atoms with van der Waals surface area (Å²) in [7, 11) is 0. The van der Waals surface area contributed by atoms with Crippen molar-refractivity contribution in [1.82, 2.24) is 15.1 Å². The van der Waals surface area contributed by atoms with Crippen LogP contribution in [-0.4, -0.2) is 32.0 Å². The highest BCUT2D eigenvalue weighted by Crippen LogP contribution is 2.23. The first-order valence-electron chi connectivity index (χ1n) is 7.84. The largest absolute Gasteiger partial charge is 0.419 e. The first-order valence-corrected chi connectivity index (χ1v) is 7.84. The van der Waals surface area contributed by atoms with E-state index in [0.29, 0.717) is 11.1 Å². The lowest BCUT2D eigenvalue weighted by Crippen LogP contribution is -2.37. The number of nitrogens with zero attached hydrogens (tertiary/aromatic N) is 4. The van der Waals surface area contributed by atoms with E-state index in [0.717, 1.165) is 0 Å². The first kappa shape index (κ1) is 18.3. The number of non-ortho nitro benzene ring substituents is 1. The summed E-state index contributed by atoms with van der Waals surface area (Å²) in [6, 6.07) is 5.92. The van der Waals surface area contributed by atoms with Gasteiger partial charge in [-0.3, -0.25) is 14.9 Å². The van der Waals surface area contributed by atoms with E-state index in [4.69, 9.17) is 4.42 Å². The maximum Gasteiger partial charge on any atom is 0.270 e. The van der Waals surface area contributed by atoms with Crippen LogP contribution in [-0.2, 0) is 11.3 Å². The number of hydrogen-bond donors (Lipinski definition) is 0. The molecule has 0 spiro atoms. The molecule has 0 unspecified atom stereocenters. The normalized spacial score (nSPS) is 11.6. The zero-order valence-corrected chi connectivity index (χ0v) is 14.6. The standard InChI is InChI=1S/C17H20N4O4/c1-5-12(4)17(22)20(11(2)3)10-15-18-19-16(25-15)13-7-6-8-14(9-13)21(23)24/h5-9,11H,10H2,1-4H3. The van der Waals surface area contributed by atoms with E-state index in [2.05, 4.69) is 10.2 Å². The van der Waals surface area contributed by atoms with Gasteiger partial charge in [-0.2, -0.15) is 0 Å². The molecule has 0 saturated carbocycles. The fraction of sp³-hybridized carbons (Fsp3) is 0.353. The third kappa shape index (κ3) is 4.28. The van der Waals surface area contributed by atoms with Crippen LogP contribution in [0.4, 0.5) is 5.69 Å². The van der Waals surface area contributed by atoms with Gasteiger partial charge in [-0.05, 0) is 33.8 Å². The number of carbonyl (C=O) groups is 1. The Balaban J connectivity index is 2.24. The highest BCUT2D eigenvalue weighted by molar-refractivity contribution is 5.92. The van der Waals surface area contributed by atoms with Crippen molar-refractivity contribution in [2.24, 2.45) is 0 Å². The van der Waals surface area contributed by atoms with Gasteiger partial charge in [-0.15, -0.1) is 10.2 Å².